The number of carbonyl (C=O) groups is 3. The van der Waals surface area contributed by atoms with Crippen molar-refractivity contribution in [2.45, 2.75) is 31.0 Å². The Morgan fingerprint density at radius 1 is 1.12 bits per heavy atom. The van der Waals surface area contributed by atoms with Crippen molar-refractivity contribution in [3.63, 3.8) is 0 Å². The number of methoxy groups -OCH3 is 1. The van der Waals surface area contributed by atoms with Crippen molar-refractivity contribution < 1.29 is 29.0 Å². The van der Waals surface area contributed by atoms with Crippen molar-refractivity contribution in [1.82, 2.24) is 10.2 Å². The third kappa shape index (κ3) is 4.56. The fourth-order valence-corrected chi connectivity index (χ4v) is 5.48. The Bertz CT molecular complexity index is 1020. The molecule has 8 nitrogen and oxygen atoms in total. The summed E-state index contributed by atoms with van der Waals surface area (Å²) in [6, 6.07) is 14.0. The topological polar surface area (TPSA) is 105 Å². The number of thioether (sulfide) groups is 1. The van der Waals surface area contributed by atoms with E-state index in [9.17, 15) is 19.5 Å². The Morgan fingerprint density at radius 3 is 2.30 bits per heavy atom. The number of amides is 2. The Kier molecular flexibility index (Phi) is 6.90. The van der Waals surface area contributed by atoms with Gasteiger partial charge in [0, 0.05) is 18.8 Å². The molecule has 0 spiro atoms. The molecule has 0 aromatic heterocycles. The first-order chi connectivity index (χ1) is 15.9. The zero-order valence-corrected chi connectivity index (χ0v) is 19.2. The van der Waals surface area contributed by atoms with Crippen LogP contribution in [0.2, 0.25) is 0 Å². The summed E-state index contributed by atoms with van der Waals surface area (Å²) in [5, 5.41) is 12.0. The summed E-state index contributed by atoms with van der Waals surface area (Å²) in [6.45, 7) is 1.75. The van der Waals surface area contributed by atoms with Gasteiger partial charge in [0.15, 0.2) is 0 Å². The van der Waals surface area contributed by atoms with Crippen molar-refractivity contribution in [2.75, 3.05) is 25.3 Å². The number of aliphatic carboxylic acids is 1. The average molecular weight is 471 g/mol. The lowest BCUT2D eigenvalue weighted by atomic mass is 9.98. The monoisotopic (exact) mass is 470 g/mol. The molecular formula is C24H26N2O6S. The standard InChI is InChI=1S/C24H26N2O6S/c1-14(31-2)21(22(27)26-13-33-12-20(26)23(28)29)25-24(30)32-11-19-17-9-5-3-7-15(17)16-8-4-6-10-18(16)19/h3-10,14,19-21H,11-13H2,1-2H3,(H,25,30)(H,28,29). The third-order valence-corrected chi connectivity index (χ3v) is 7.19. The summed E-state index contributed by atoms with van der Waals surface area (Å²) in [7, 11) is 1.43. The minimum Gasteiger partial charge on any atom is -0.480 e. The fourth-order valence-electron chi connectivity index (χ4n) is 4.33. The van der Waals surface area contributed by atoms with Crippen LogP contribution < -0.4 is 5.32 Å². The predicted octanol–water partition coefficient (Wildman–Crippen LogP) is 2.91. The van der Waals surface area contributed by atoms with Gasteiger partial charge in [0.2, 0.25) is 5.91 Å². The fraction of sp³-hybridized carbons (Fsp3) is 0.375. The Morgan fingerprint density at radius 2 is 1.73 bits per heavy atom. The summed E-state index contributed by atoms with van der Waals surface area (Å²) in [5.74, 6) is -1.13. The van der Waals surface area contributed by atoms with Gasteiger partial charge in [-0.25, -0.2) is 9.59 Å². The number of carboxylic acid groups (broad SMARTS) is 1. The molecule has 1 aliphatic carbocycles. The molecular weight excluding hydrogens is 444 g/mol. The van der Waals surface area contributed by atoms with Crippen LogP contribution >= 0.6 is 11.8 Å². The molecule has 2 aromatic carbocycles. The zero-order valence-electron chi connectivity index (χ0n) is 18.4. The van der Waals surface area contributed by atoms with Crippen LogP contribution in [0.15, 0.2) is 48.5 Å². The largest absolute Gasteiger partial charge is 0.480 e. The molecule has 3 unspecified atom stereocenters. The van der Waals surface area contributed by atoms with Gasteiger partial charge in [-0.1, -0.05) is 48.5 Å². The van der Waals surface area contributed by atoms with Crippen molar-refractivity contribution in [2.24, 2.45) is 0 Å². The number of carbonyl (C=O) groups excluding carboxylic acids is 2. The Balaban J connectivity index is 1.46. The average Bonchev–Trinajstić information content (AvgIpc) is 3.44. The van der Waals surface area contributed by atoms with Gasteiger partial charge in [-0.2, -0.15) is 0 Å². The Labute approximate surface area is 196 Å². The first-order valence-corrected chi connectivity index (χ1v) is 11.8. The maximum atomic E-state index is 13.1. The second kappa shape index (κ2) is 9.84. The molecule has 1 saturated heterocycles. The number of rotatable bonds is 7. The van der Waals surface area contributed by atoms with Crippen molar-refractivity contribution in [3.05, 3.63) is 59.7 Å². The first kappa shape index (κ1) is 23.1. The van der Waals surface area contributed by atoms with Crippen LogP contribution in [0.1, 0.15) is 24.0 Å². The van der Waals surface area contributed by atoms with E-state index < -0.39 is 36.2 Å². The molecule has 3 atom stereocenters. The highest BCUT2D eigenvalue weighted by atomic mass is 32.2. The summed E-state index contributed by atoms with van der Waals surface area (Å²) < 4.78 is 10.8. The van der Waals surface area contributed by atoms with Crippen molar-refractivity contribution in [3.8, 4) is 11.1 Å². The van der Waals surface area contributed by atoms with E-state index in [4.69, 9.17) is 9.47 Å². The lowest BCUT2D eigenvalue weighted by Gasteiger charge is -2.29. The SMILES string of the molecule is COC(C)C(NC(=O)OCC1c2ccccc2-c2ccccc21)C(=O)N1CSCC1C(=O)O. The Hall–Kier alpha value is -3.04. The molecule has 0 radical (unpaired) electrons. The number of hydrogen-bond acceptors (Lipinski definition) is 6. The van der Waals surface area contributed by atoms with Gasteiger partial charge in [0.1, 0.15) is 18.7 Å². The van der Waals surface area contributed by atoms with E-state index in [-0.39, 0.29) is 18.4 Å². The minimum absolute atomic E-state index is 0.108. The van der Waals surface area contributed by atoms with Crippen LogP contribution in [0, 0.1) is 0 Å². The third-order valence-electron chi connectivity index (χ3n) is 6.17. The van der Waals surface area contributed by atoms with Crippen LogP contribution in [-0.2, 0) is 19.1 Å². The molecule has 174 valence electrons. The highest BCUT2D eigenvalue weighted by Crippen LogP contribution is 2.44. The van der Waals surface area contributed by atoms with E-state index in [1.807, 2.05) is 36.4 Å². The minimum atomic E-state index is -1.07. The second-order valence-electron chi connectivity index (χ2n) is 8.05. The number of carboxylic acids is 1. The van der Waals surface area contributed by atoms with Gasteiger partial charge in [-0.05, 0) is 29.2 Å². The van der Waals surface area contributed by atoms with Crippen molar-refractivity contribution in [1.29, 1.82) is 0 Å². The molecule has 1 fully saturated rings. The van der Waals surface area contributed by atoms with Crippen LogP contribution in [0.25, 0.3) is 11.1 Å². The second-order valence-corrected chi connectivity index (χ2v) is 9.05. The summed E-state index contributed by atoms with van der Waals surface area (Å²) in [5.41, 5.74) is 4.41. The van der Waals surface area contributed by atoms with Gasteiger partial charge >= 0.3 is 12.1 Å². The molecule has 9 heteroatoms. The first-order valence-electron chi connectivity index (χ1n) is 10.7. The van der Waals surface area contributed by atoms with E-state index in [0.29, 0.717) is 5.75 Å². The molecule has 2 amide bonds. The zero-order chi connectivity index (χ0) is 23.5. The maximum Gasteiger partial charge on any atom is 0.407 e. The molecule has 1 aliphatic heterocycles. The highest BCUT2D eigenvalue weighted by molar-refractivity contribution is 7.99. The molecule has 2 aliphatic rings. The molecule has 1 heterocycles. The number of benzene rings is 2. The van der Waals surface area contributed by atoms with Gasteiger partial charge in [0.05, 0.1) is 12.0 Å². The summed E-state index contributed by atoms with van der Waals surface area (Å²) in [4.78, 5) is 38.6. The quantitative estimate of drug-likeness (QED) is 0.641. The van der Waals surface area contributed by atoms with Crippen LogP contribution in [-0.4, -0.2) is 71.5 Å². The molecule has 0 saturated carbocycles. The summed E-state index contributed by atoms with van der Waals surface area (Å²) in [6.07, 6.45) is -1.42. The number of nitrogens with one attached hydrogen (secondary N) is 1. The molecule has 33 heavy (non-hydrogen) atoms. The van der Waals surface area contributed by atoms with E-state index in [0.717, 1.165) is 22.3 Å². The number of nitrogens with zero attached hydrogens (tertiary/aromatic N) is 1. The van der Waals surface area contributed by atoms with E-state index in [2.05, 4.69) is 17.4 Å². The van der Waals surface area contributed by atoms with Crippen LogP contribution in [0.3, 0.4) is 0 Å². The predicted molar refractivity (Wildman–Crippen MR) is 124 cm³/mol. The smallest absolute Gasteiger partial charge is 0.407 e. The summed E-state index contributed by atoms with van der Waals surface area (Å²) >= 11 is 1.36. The highest BCUT2D eigenvalue weighted by Gasteiger charge is 2.40. The van der Waals surface area contributed by atoms with Crippen LogP contribution in [0.5, 0.6) is 0 Å². The van der Waals surface area contributed by atoms with Crippen molar-refractivity contribution >= 4 is 29.7 Å². The number of hydrogen-bond donors (Lipinski definition) is 2. The number of fused-ring (bicyclic) bond motifs is 3. The van der Waals surface area contributed by atoms with Gasteiger partial charge in [0.25, 0.3) is 0 Å². The normalized spacial score (nSPS) is 18.8. The van der Waals surface area contributed by atoms with Gasteiger partial charge in [-0.15, -0.1) is 11.8 Å². The molecule has 0 bridgehead atoms. The maximum absolute atomic E-state index is 13.1. The van der Waals surface area contributed by atoms with E-state index >= 15 is 0 Å². The molecule has 2 aromatic rings. The lowest BCUT2D eigenvalue weighted by molar-refractivity contribution is -0.149. The van der Waals surface area contributed by atoms with Gasteiger partial charge in [-0.3, -0.25) is 4.79 Å². The lowest BCUT2D eigenvalue weighted by Crippen LogP contribution is -2.56. The van der Waals surface area contributed by atoms with E-state index in [1.165, 1.54) is 23.8 Å². The van der Waals surface area contributed by atoms with E-state index in [1.54, 1.807) is 6.92 Å². The molecule has 4 rings (SSSR count). The van der Waals surface area contributed by atoms with Gasteiger partial charge < -0.3 is 24.8 Å². The number of ether oxygens (including phenoxy) is 2. The van der Waals surface area contributed by atoms with Crippen LogP contribution in [0.4, 0.5) is 4.79 Å². The number of alkyl carbamates (subject to hydrolysis) is 1. The molecule has 2 N–H and O–H groups in total.